The van der Waals surface area contributed by atoms with Crippen LogP contribution in [-0.4, -0.2) is 22.2 Å². The molecule has 3 unspecified atom stereocenters. The lowest BCUT2D eigenvalue weighted by molar-refractivity contribution is -0.126. The van der Waals surface area contributed by atoms with E-state index in [0.717, 1.165) is 30.5 Å². The monoisotopic (exact) mass is 264 g/mol. The number of nitrogens with one attached hydrogen (secondary N) is 1. The molecule has 3 N–H and O–H groups in total. The molecule has 0 bridgehead atoms. The summed E-state index contributed by atoms with van der Waals surface area (Å²) in [5.74, 6) is 0.579. The van der Waals surface area contributed by atoms with Crippen molar-refractivity contribution in [2.45, 2.75) is 39.2 Å². The molecule has 0 aliphatic heterocycles. The number of carbonyl (C=O) groups excluding carboxylic acids is 1. The lowest BCUT2D eigenvalue weighted by Gasteiger charge is -2.21. The zero-order chi connectivity index (χ0) is 14.0. The Morgan fingerprint density at radius 1 is 1.63 bits per heavy atom. The van der Waals surface area contributed by atoms with E-state index in [0.29, 0.717) is 12.5 Å². The average Bonchev–Trinajstić information content (AvgIpc) is 2.97. The number of hydrogen-bond acceptors (Lipinski definition) is 3. The lowest BCUT2D eigenvalue weighted by atomic mass is 9.95. The number of amides is 1. The summed E-state index contributed by atoms with van der Waals surface area (Å²) in [4.78, 5) is 12.3. The average molecular weight is 264 g/mol. The first kappa shape index (κ1) is 14.1. The van der Waals surface area contributed by atoms with E-state index in [-0.39, 0.29) is 17.9 Å². The fraction of sp³-hybridized carbons (Fsp3) is 0.714. The van der Waals surface area contributed by atoms with Gasteiger partial charge in [-0.05, 0) is 39.2 Å². The van der Waals surface area contributed by atoms with Crippen LogP contribution in [0.25, 0.3) is 0 Å². The molecule has 0 radical (unpaired) electrons. The molecule has 1 heterocycles. The number of nitrogens with zero attached hydrogens (tertiary/aromatic N) is 2. The summed E-state index contributed by atoms with van der Waals surface area (Å²) in [6.45, 7) is 4.63. The van der Waals surface area contributed by atoms with Crippen molar-refractivity contribution in [3.8, 4) is 0 Å². The van der Waals surface area contributed by atoms with Gasteiger partial charge in [0.1, 0.15) is 0 Å². The van der Waals surface area contributed by atoms with E-state index >= 15 is 0 Å². The van der Waals surface area contributed by atoms with Crippen LogP contribution in [-0.2, 0) is 11.8 Å². The third kappa shape index (κ3) is 2.81. The van der Waals surface area contributed by atoms with Crippen LogP contribution in [0.15, 0.2) is 6.20 Å². The van der Waals surface area contributed by atoms with Crippen LogP contribution in [0.1, 0.15) is 43.5 Å². The van der Waals surface area contributed by atoms with E-state index in [4.69, 9.17) is 5.73 Å². The first-order valence-electron chi connectivity index (χ1n) is 7.03. The van der Waals surface area contributed by atoms with Gasteiger partial charge in [0.25, 0.3) is 0 Å². The van der Waals surface area contributed by atoms with Crippen LogP contribution < -0.4 is 11.1 Å². The highest BCUT2D eigenvalue weighted by Crippen LogP contribution is 2.31. The first-order chi connectivity index (χ1) is 9.04. The van der Waals surface area contributed by atoms with Gasteiger partial charge in [0, 0.05) is 24.2 Å². The van der Waals surface area contributed by atoms with Gasteiger partial charge in [-0.2, -0.15) is 5.10 Å². The smallest absolute Gasteiger partial charge is 0.223 e. The molecular formula is C14H24N4O. The molecule has 0 spiro atoms. The Balaban J connectivity index is 2.01. The SMILES string of the molecule is Cc1c(C(C)NC(=O)C2CCCC2CN)cnn1C. The Bertz CT molecular complexity index is 454. The van der Waals surface area contributed by atoms with Crippen molar-refractivity contribution in [1.82, 2.24) is 15.1 Å². The molecule has 1 aliphatic rings. The molecule has 106 valence electrons. The van der Waals surface area contributed by atoms with Crippen molar-refractivity contribution in [1.29, 1.82) is 0 Å². The molecule has 1 amide bonds. The Morgan fingerprint density at radius 3 is 2.95 bits per heavy atom. The van der Waals surface area contributed by atoms with Crippen molar-refractivity contribution in [3.05, 3.63) is 17.5 Å². The van der Waals surface area contributed by atoms with Gasteiger partial charge in [0.15, 0.2) is 0 Å². The summed E-state index contributed by atoms with van der Waals surface area (Å²) in [5, 5.41) is 7.33. The second-order valence-corrected chi connectivity index (χ2v) is 5.57. The summed E-state index contributed by atoms with van der Waals surface area (Å²) in [6.07, 6.45) is 4.98. The third-order valence-electron chi connectivity index (χ3n) is 4.40. The van der Waals surface area contributed by atoms with E-state index in [1.165, 1.54) is 0 Å². The number of aromatic nitrogens is 2. The normalized spacial score (nSPS) is 24.4. The van der Waals surface area contributed by atoms with Gasteiger partial charge in [0.2, 0.25) is 5.91 Å². The van der Waals surface area contributed by atoms with Crippen molar-refractivity contribution in [2.75, 3.05) is 6.54 Å². The quantitative estimate of drug-likeness (QED) is 0.860. The largest absolute Gasteiger partial charge is 0.349 e. The number of nitrogens with two attached hydrogens (primary N) is 1. The van der Waals surface area contributed by atoms with Crippen LogP contribution >= 0.6 is 0 Å². The van der Waals surface area contributed by atoms with Crippen LogP contribution in [0, 0.1) is 18.8 Å². The van der Waals surface area contributed by atoms with Gasteiger partial charge in [-0.15, -0.1) is 0 Å². The lowest BCUT2D eigenvalue weighted by Crippen LogP contribution is -2.36. The molecule has 1 fully saturated rings. The topological polar surface area (TPSA) is 72.9 Å². The third-order valence-corrected chi connectivity index (χ3v) is 4.40. The standard InChI is InChI=1S/C14H24N4O/c1-9(13-8-16-18(3)10(13)2)17-14(19)12-6-4-5-11(12)7-15/h8-9,11-12H,4-7,15H2,1-3H3,(H,17,19). The second-order valence-electron chi connectivity index (χ2n) is 5.57. The van der Waals surface area contributed by atoms with Crippen molar-refractivity contribution < 1.29 is 4.79 Å². The fourth-order valence-corrected chi connectivity index (χ4v) is 3.00. The number of hydrogen-bond donors (Lipinski definition) is 2. The highest BCUT2D eigenvalue weighted by molar-refractivity contribution is 5.79. The molecule has 1 saturated carbocycles. The minimum Gasteiger partial charge on any atom is -0.349 e. The van der Waals surface area contributed by atoms with Crippen LogP contribution in [0.3, 0.4) is 0 Å². The first-order valence-corrected chi connectivity index (χ1v) is 7.03. The number of rotatable bonds is 4. The second kappa shape index (κ2) is 5.74. The molecule has 3 atom stereocenters. The molecule has 19 heavy (non-hydrogen) atoms. The highest BCUT2D eigenvalue weighted by Gasteiger charge is 2.32. The predicted octanol–water partition coefficient (Wildman–Crippen LogP) is 1.28. The Labute approximate surface area is 114 Å². The van der Waals surface area contributed by atoms with Gasteiger partial charge in [-0.1, -0.05) is 6.42 Å². The maximum absolute atomic E-state index is 12.3. The van der Waals surface area contributed by atoms with E-state index in [2.05, 4.69) is 10.4 Å². The highest BCUT2D eigenvalue weighted by atomic mass is 16.2. The van der Waals surface area contributed by atoms with Gasteiger partial charge >= 0.3 is 0 Å². The minimum absolute atomic E-state index is 0.000208. The summed E-state index contributed by atoms with van der Waals surface area (Å²) in [6, 6.07) is 0.000208. The van der Waals surface area contributed by atoms with Crippen LogP contribution in [0.4, 0.5) is 0 Å². The maximum atomic E-state index is 12.3. The Hall–Kier alpha value is -1.36. The number of aryl methyl sites for hydroxylation is 1. The minimum atomic E-state index is 0.000208. The molecule has 5 nitrogen and oxygen atoms in total. The molecule has 5 heteroatoms. The molecule has 2 rings (SSSR count). The summed E-state index contributed by atoms with van der Waals surface area (Å²) >= 11 is 0. The van der Waals surface area contributed by atoms with E-state index in [9.17, 15) is 4.79 Å². The van der Waals surface area contributed by atoms with Gasteiger partial charge in [0.05, 0.1) is 12.2 Å². The van der Waals surface area contributed by atoms with Crippen molar-refractivity contribution in [3.63, 3.8) is 0 Å². The van der Waals surface area contributed by atoms with E-state index in [1.807, 2.05) is 31.8 Å². The van der Waals surface area contributed by atoms with Gasteiger partial charge in [-0.3, -0.25) is 9.48 Å². The summed E-state index contributed by atoms with van der Waals surface area (Å²) in [5.41, 5.74) is 7.91. The molecule has 1 aliphatic carbocycles. The zero-order valence-corrected chi connectivity index (χ0v) is 12.0. The maximum Gasteiger partial charge on any atom is 0.223 e. The van der Waals surface area contributed by atoms with E-state index < -0.39 is 0 Å². The summed E-state index contributed by atoms with van der Waals surface area (Å²) < 4.78 is 1.83. The molecule has 0 saturated heterocycles. The molecule has 0 aromatic carbocycles. The van der Waals surface area contributed by atoms with Crippen LogP contribution in [0.2, 0.25) is 0 Å². The fourth-order valence-electron chi connectivity index (χ4n) is 3.00. The Morgan fingerprint density at radius 2 is 2.37 bits per heavy atom. The molecule has 1 aromatic heterocycles. The molecular weight excluding hydrogens is 240 g/mol. The van der Waals surface area contributed by atoms with Crippen molar-refractivity contribution in [2.24, 2.45) is 24.6 Å². The van der Waals surface area contributed by atoms with Gasteiger partial charge in [-0.25, -0.2) is 0 Å². The zero-order valence-electron chi connectivity index (χ0n) is 12.0. The summed E-state index contributed by atoms with van der Waals surface area (Å²) in [7, 11) is 1.91. The van der Waals surface area contributed by atoms with Crippen molar-refractivity contribution >= 4 is 5.91 Å². The number of carbonyl (C=O) groups is 1. The van der Waals surface area contributed by atoms with E-state index in [1.54, 1.807) is 0 Å². The Kier molecular flexibility index (Phi) is 4.24. The molecule has 1 aromatic rings. The van der Waals surface area contributed by atoms with Gasteiger partial charge < -0.3 is 11.1 Å². The predicted molar refractivity (Wildman–Crippen MR) is 74.4 cm³/mol. The van der Waals surface area contributed by atoms with Crippen LogP contribution in [0.5, 0.6) is 0 Å².